The Kier molecular flexibility index (Phi) is 4.55. The molecule has 0 aliphatic heterocycles. The lowest BCUT2D eigenvalue weighted by Crippen LogP contribution is -2.09. The first-order chi connectivity index (χ1) is 9.82. The minimum Gasteiger partial charge on any atom is -0.465 e. The summed E-state index contributed by atoms with van der Waals surface area (Å²) < 4.78 is 44.1. The maximum Gasteiger partial charge on any atom is 0.416 e. The molecule has 0 aromatic heterocycles. The molecule has 0 spiro atoms. The Bertz CT molecular complexity index is 664. The van der Waals surface area contributed by atoms with Gasteiger partial charge in [0.05, 0.1) is 18.2 Å². The van der Waals surface area contributed by atoms with E-state index in [1.807, 2.05) is 0 Å². The van der Waals surface area contributed by atoms with Crippen LogP contribution in [-0.4, -0.2) is 13.1 Å². The number of ether oxygens (including phenoxy) is 1. The van der Waals surface area contributed by atoms with Crippen LogP contribution < -0.4 is 0 Å². The van der Waals surface area contributed by atoms with Gasteiger partial charge in [0.25, 0.3) is 0 Å². The topological polar surface area (TPSA) is 26.3 Å². The van der Waals surface area contributed by atoms with Crippen LogP contribution >= 0.6 is 22.6 Å². The van der Waals surface area contributed by atoms with Crippen molar-refractivity contribution in [1.29, 1.82) is 0 Å². The summed E-state index contributed by atoms with van der Waals surface area (Å²) in [6.07, 6.45) is -4.47. The van der Waals surface area contributed by atoms with Crippen LogP contribution in [0.25, 0.3) is 11.1 Å². The van der Waals surface area contributed by atoms with E-state index in [0.29, 0.717) is 5.56 Å². The summed E-state index contributed by atoms with van der Waals surface area (Å²) in [7, 11) is 1.19. The van der Waals surface area contributed by atoms with Crippen molar-refractivity contribution in [3.8, 4) is 11.1 Å². The van der Waals surface area contributed by atoms with E-state index in [-0.39, 0.29) is 11.1 Å². The molecule has 0 unspecified atom stereocenters. The molecule has 0 N–H and O–H groups in total. The summed E-state index contributed by atoms with van der Waals surface area (Å²) in [6.45, 7) is 0. The molecule has 2 aromatic rings. The smallest absolute Gasteiger partial charge is 0.416 e. The quantitative estimate of drug-likeness (QED) is 0.531. The highest BCUT2D eigenvalue weighted by atomic mass is 127. The lowest BCUT2D eigenvalue weighted by molar-refractivity contribution is -0.137. The van der Waals surface area contributed by atoms with Crippen molar-refractivity contribution in [3.63, 3.8) is 0 Å². The third kappa shape index (κ3) is 3.55. The maximum atomic E-state index is 12.8. The molecule has 21 heavy (non-hydrogen) atoms. The predicted molar refractivity (Wildman–Crippen MR) is 80.9 cm³/mol. The molecule has 0 saturated carbocycles. The van der Waals surface area contributed by atoms with Crippen LogP contribution in [0.1, 0.15) is 15.9 Å². The molecule has 0 aliphatic rings. The monoisotopic (exact) mass is 406 g/mol. The van der Waals surface area contributed by atoms with Gasteiger partial charge < -0.3 is 4.74 Å². The summed E-state index contributed by atoms with van der Waals surface area (Å²) in [5.41, 5.74) is 0.0328. The second kappa shape index (κ2) is 6.05. The summed E-state index contributed by atoms with van der Waals surface area (Å²) in [6, 6.07) is 9.85. The van der Waals surface area contributed by atoms with Gasteiger partial charge in [-0.1, -0.05) is 12.1 Å². The van der Waals surface area contributed by atoms with E-state index in [2.05, 4.69) is 27.3 Å². The first-order valence-electron chi connectivity index (χ1n) is 5.88. The van der Waals surface area contributed by atoms with Gasteiger partial charge in [-0.2, -0.15) is 13.2 Å². The molecule has 0 heterocycles. The second-order valence-electron chi connectivity index (χ2n) is 4.26. The normalized spacial score (nSPS) is 11.3. The average molecular weight is 406 g/mol. The third-order valence-electron chi connectivity index (χ3n) is 2.91. The van der Waals surface area contributed by atoms with E-state index in [4.69, 9.17) is 0 Å². The number of carbonyl (C=O) groups excluding carboxylic acids is 1. The van der Waals surface area contributed by atoms with Crippen molar-refractivity contribution in [3.05, 3.63) is 57.2 Å². The zero-order valence-corrected chi connectivity index (χ0v) is 13.0. The Balaban J connectivity index is 2.63. The zero-order valence-electron chi connectivity index (χ0n) is 10.9. The van der Waals surface area contributed by atoms with Gasteiger partial charge in [0.1, 0.15) is 0 Å². The van der Waals surface area contributed by atoms with E-state index in [0.717, 1.165) is 21.8 Å². The molecule has 0 fully saturated rings. The number of rotatable bonds is 2. The van der Waals surface area contributed by atoms with Crippen LogP contribution in [-0.2, 0) is 10.9 Å². The van der Waals surface area contributed by atoms with Gasteiger partial charge >= 0.3 is 12.1 Å². The van der Waals surface area contributed by atoms with Crippen LogP contribution in [0.2, 0.25) is 0 Å². The van der Waals surface area contributed by atoms with Crippen LogP contribution in [0, 0.1) is 3.57 Å². The van der Waals surface area contributed by atoms with Crippen molar-refractivity contribution in [2.45, 2.75) is 6.18 Å². The number of esters is 1. The van der Waals surface area contributed by atoms with Crippen molar-refractivity contribution in [2.24, 2.45) is 0 Å². The van der Waals surface area contributed by atoms with E-state index >= 15 is 0 Å². The Morgan fingerprint density at radius 1 is 1.10 bits per heavy atom. The first-order valence-corrected chi connectivity index (χ1v) is 6.96. The molecule has 110 valence electrons. The predicted octanol–water partition coefficient (Wildman–Crippen LogP) is 4.76. The highest BCUT2D eigenvalue weighted by Crippen LogP contribution is 2.34. The van der Waals surface area contributed by atoms with Gasteiger partial charge in [-0.3, -0.25) is 0 Å². The van der Waals surface area contributed by atoms with Gasteiger partial charge in [-0.25, -0.2) is 4.79 Å². The number of hydrogen-bond donors (Lipinski definition) is 0. The lowest BCUT2D eigenvalue weighted by Gasteiger charge is -2.13. The molecule has 0 radical (unpaired) electrons. The Hall–Kier alpha value is -1.57. The molecule has 0 amide bonds. The minimum absolute atomic E-state index is 0.103. The van der Waals surface area contributed by atoms with Crippen LogP contribution in [0.5, 0.6) is 0 Å². The molecule has 0 aliphatic carbocycles. The largest absolute Gasteiger partial charge is 0.465 e. The lowest BCUT2D eigenvalue weighted by atomic mass is 9.97. The number of carbonyl (C=O) groups is 1. The van der Waals surface area contributed by atoms with Crippen molar-refractivity contribution < 1.29 is 22.7 Å². The van der Waals surface area contributed by atoms with Gasteiger partial charge in [0, 0.05) is 3.57 Å². The fraction of sp³-hybridized carbons (Fsp3) is 0.133. The van der Waals surface area contributed by atoms with E-state index < -0.39 is 17.7 Å². The number of hydrogen-bond acceptors (Lipinski definition) is 2. The Morgan fingerprint density at radius 3 is 2.24 bits per heavy atom. The molecule has 0 saturated heterocycles. The molecular formula is C15H10F3IO2. The molecular weight excluding hydrogens is 396 g/mol. The molecule has 0 atom stereocenters. The van der Waals surface area contributed by atoms with Gasteiger partial charge in [-0.05, 0) is 64.0 Å². The fourth-order valence-corrected chi connectivity index (χ4v) is 2.24. The highest BCUT2D eigenvalue weighted by molar-refractivity contribution is 14.1. The second-order valence-corrected chi connectivity index (χ2v) is 5.50. The standard InChI is InChI=1S/C15H10F3IO2/c1-21-14(20)12-7-4-10(15(16,17)18)8-13(12)9-2-5-11(19)6-3-9/h2-8H,1H3. The van der Waals surface area contributed by atoms with Gasteiger partial charge in [0.15, 0.2) is 0 Å². The maximum absolute atomic E-state index is 12.8. The molecule has 6 heteroatoms. The van der Waals surface area contributed by atoms with Crippen molar-refractivity contribution >= 4 is 28.6 Å². The van der Waals surface area contributed by atoms with Crippen molar-refractivity contribution in [2.75, 3.05) is 7.11 Å². The Labute approximate surface area is 133 Å². The van der Waals surface area contributed by atoms with Crippen LogP contribution in [0.15, 0.2) is 42.5 Å². The molecule has 2 aromatic carbocycles. The number of methoxy groups -OCH3 is 1. The third-order valence-corrected chi connectivity index (χ3v) is 3.63. The van der Waals surface area contributed by atoms with E-state index in [9.17, 15) is 18.0 Å². The first kappa shape index (κ1) is 15.8. The molecule has 2 rings (SSSR count). The zero-order chi connectivity index (χ0) is 15.6. The molecule has 0 bridgehead atoms. The number of halogens is 4. The van der Waals surface area contributed by atoms with Crippen LogP contribution in [0.3, 0.4) is 0 Å². The minimum atomic E-state index is -4.47. The van der Waals surface area contributed by atoms with Crippen LogP contribution in [0.4, 0.5) is 13.2 Å². The summed E-state index contributed by atoms with van der Waals surface area (Å²) in [5, 5.41) is 0. The number of benzene rings is 2. The summed E-state index contributed by atoms with van der Waals surface area (Å²) in [4.78, 5) is 11.7. The fourth-order valence-electron chi connectivity index (χ4n) is 1.88. The Morgan fingerprint density at radius 2 is 1.71 bits per heavy atom. The van der Waals surface area contributed by atoms with Crippen molar-refractivity contribution in [1.82, 2.24) is 0 Å². The summed E-state index contributed by atoms with van der Waals surface area (Å²) >= 11 is 2.09. The van der Waals surface area contributed by atoms with E-state index in [1.54, 1.807) is 24.3 Å². The van der Waals surface area contributed by atoms with E-state index in [1.165, 1.54) is 7.11 Å². The molecule has 2 nitrogen and oxygen atoms in total. The summed E-state index contributed by atoms with van der Waals surface area (Å²) in [5.74, 6) is -0.669. The van der Waals surface area contributed by atoms with Gasteiger partial charge in [-0.15, -0.1) is 0 Å². The number of alkyl halides is 3. The SMILES string of the molecule is COC(=O)c1ccc(C(F)(F)F)cc1-c1ccc(I)cc1. The average Bonchev–Trinajstić information content (AvgIpc) is 2.45. The highest BCUT2D eigenvalue weighted by Gasteiger charge is 2.31. The van der Waals surface area contributed by atoms with Gasteiger partial charge in [0.2, 0.25) is 0 Å².